The van der Waals surface area contributed by atoms with Crippen molar-refractivity contribution in [3.63, 3.8) is 0 Å². The van der Waals surface area contributed by atoms with Crippen molar-refractivity contribution < 1.29 is 15.5 Å². The molecule has 5 heteroatoms. The van der Waals surface area contributed by atoms with Crippen molar-refractivity contribution in [1.82, 2.24) is 0 Å². The molecule has 0 aromatic heterocycles. The largest absolute Gasteiger partial charge is 0.180 e. The summed E-state index contributed by atoms with van der Waals surface area (Å²) in [5.74, 6) is 4.98. The standard InChI is InChI=1S/C14H10F4S/c15-19(16,17,18)14-9-5-4-8-13(14)11-10-12-6-2-1-3-7-12/h1-9,19H. The molecule has 2 rings (SSSR count). The van der Waals surface area contributed by atoms with Gasteiger partial charge in [0.2, 0.25) is 0 Å². The SMILES string of the molecule is F[SH](F)(F)(F)c1ccccc1C#Cc1ccccc1. The first-order valence-electron chi connectivity index (χ1n) is 5.39. The molecule has 0 aliphatic heterocycles. The first kappa shape index (κ1) is 13.5. The Kier molecular flexibility index (Phi) is 3.29. The molecule has 0 atom stereocenters. The van der Waals surface area contributed by atoms with E-state index in [0.717, 1.165) is 12.1 Å². The van der Waals surface area contributed by atoms with Gasteiger partial charge in [0, 0.05) is 11.1 Å². The van der Waals surface area contributed by atoms with Crippen LogP contribution in [0, 0.1) is 11.8 Å². The zero-order valence-corrected chi connectivity index (χ0v) is 10.5. The maximum atomic E-state index is 12.9. The molecule has 0 heterocycles. The third kappa shape index (κ3) is 3.52. The molecule has 0 saturated carbocycles. The Morgan fingerprint density at radius 3 is 1.89 bits per heavy atom. The molecular formula is C14H10F4S. The van der Waals surface area contributed by atoms with Crippen LogP contribution in [0.25, 0.3) is 0 Å². The zero-order chi connectivity index (χ0) is 14.0. The first-order valence-corrected chi connectivity index (χ1v) is 7.19. The number of rotatable bonds is 1. The Hall–Kier alpha value is -1.93. The van der Waals surface area contributed by atoms with E-state index in [1.165, 1.54) is 12.1 Å². The Balaban J connectivity index is 2.46. The van der Waals surface area contributed by atoms with Crippen molar-refractivity contribution >= 4 is 10.7 Å². The van der Waals surface area contributed by atoms with Crippen LogP contribution in [-0.2, 0) is 0 Å². The summed E-state index contributed by atoms with van der Waals surface area (Å²) >= 11 is 0. The van der Waals surface area contributed by atoms with Crippen LogP contribution < -0.4 is 0 Å². The van der Waals surface area contributed by atoms with Gasteiger partial charge in [0.25, 0.3) is 0 Å². The molecule has 0 aliphatic carbocycles. The maximum Gasteiger partial charge on any atom is 0.180 e. The summed E-state index contributed by atoms with van der Waals surface area (Å²) in [6, 6.07) is 13.0. The molecule has 19 heavy (non-hydrogen) atoms. The highest BCUT2D eigenvalue weighted by molar-refractivity contribution is 8.33. The highest BCUT2D eigenvalue weighted by Crippen LogP contribution is 2.82. The zero-order valence-electron chi connectivity index (χ0n) is 9.66. The van der Waals surface area contributed by atoms with E-state index in [1.807, 2.05) is 0 Å². The molecule has 0 spiro atoms. The molecule has 100 valence electrons. The van der Waals surface area contributed by atoms with Gasteiger partial charge in [-0.15, -0.1) is 15.5 Å². The molecule has 0 unspecified atom stereocenters. The van der Waals surface area contributed by atoms with Crippen molar-refractivity contribution in [2.45, 2.75) is 4.90 Å². The lowest BCUT2D eigenvalue weighted by Gasteiger charge is -2.30. The van der Waals surface area contributed by atoms with Crippen LogP contribution in [-0.4, -0.2) is 0 Å². The van der Waals surface area contributed by atoms with Crippen molar-refractivity contribution in [3.05, 3.63) is 65.7 Å². The lowest BCUT2D eigenvalue weighted by molar-refractivity contribution is 0.495. The van der Waals surface area contributed by atoms with Crippen LogP contribution in [0.1, 0.15) is 11.1 Å². The van der Waals surface area contributed by atoms with Gasteiger partial charge in [-0.05, 0) is 24.3 Å². The average Bonchev–Trinajstić information content (AvgIpc) is 2.36. The number of benzene rings is 2. The summed E-state index contributed by atoms with van der Waals surface area (Å²) in [5.41, 5.74) is 0.243. The van der Waals surface area contributed by atoms with E-state index in [-0.39, 0.29) is 5.56 Å². The number of thiol groups is 1. The minimum atomic E-state index is -7.79. The summed E-state index contributed by atoms with van der Waals surface area (Å²) in [6.07, 6.45) is 0. The summed E-state index contributed by atoms with van der Waals surface area (Å²) < 4.78 is 51.4. The Bertz CT molecular complexity index is 638. The van der Waals surface area contributed by atoms with Crippen LogP contribution in [0.2, 0.25) is 0 Å². The van der Waals surface area contributed by atoms with Crippen LogP contribution in [0.5, 0.6) is 0 Å². The second-order valence-corrected chi connectivity index (χ2v) is 5.78. The van der Waals surface area contributed by atoms with Crippen LogP contribution in [0.4, 0.5) is 15.5 Å². The maximum absolute atomic E-state index is 12.9. The molecule has 0 saturated heterocycles. The third-order valence-electron chi connectivity index (χ3n) is 2.38. The van der Waals surface area contributed by atoms with Crippen molar-refractivity contribution in [2.24, 2.45) is 0 Å². The van der Waals surface area contributed by atoms with Crippen molar-refractivity contribution in [3.8, 4) is 11.8 Å². The quantitative estimate of drug-likeness (QED) is 0.423. The summed E-state index contributed by atoms with van der Waals surface area (Å²) in [5, 5.41) is 0. The van der Waals surface area contributed by atoms with Crippen LogP contribution >= 0.6 is 10.7 Å². The average molecular weight is 286 g/mol. The molecule has 0 aliphatic rings. The Morgan fingerprint density at radius 2 is 1.26 bits per heavy atom. The summed E-state index contributed by atoms with van der Waals surface area (Å²) in [7, 11) is -7.79. The second-order valence-electron chi connectivity index (χ2n) is 3.85. The fourth-order valence-corrected chi connectivity index (χ4v) is 2.34. The lowest BCUT2D eigenvalue weighted by atomic mass is 10.2. The molecule has 2 aromatic carbocycles. The monoisotopic (exact) mass is 286 g/mol. The normalized spacial score (nSPS) is 12.9. The van der Waals surface area contributed by atoms with E-state index in [2.05, 4.69) is 11.8 Å². The molecular weight excluding hydrogens is 276 g/mol. The predicted molar refractivity (Wildman–Crippen MR) is 70.5 cm³/mol. The van der Waals surface area contributed by atoms with Crippen molar-refractivity contribution in [1.29, 1.82) is 0 Å². The fourth-order valence-electron chi connectivity index (χ4n) is 1.54. The second kappa shape index (κ2) is 4.63. The number of halogens is 4. The Labute approximate surface area is 109 Å². The van der Waals surface area contributed by atoms with E-state index in [4.69, 9.17) is 0 Å². The Morgan fingerprint density at radius 1 is 0.684 bits per heavy atom. The van der Waals surface area contributed by atoms with Crippen LogP contribution in [0.3, 0.4) is 0 Å². The molecule has 0 bridgehead atoms. The van der Waals surface area contributed by atoms with E-state index < -0.39 is 15.6 Å². The minimum Gasteiger partial charge on any atom is -0.123 e. The summed E-state index contributed by atoms with van der Waals surface area (Å²) in [6.45, 7) is 0. The molecule has 0 amide bonds. The van der Waals surface area contributed by atoms with E-state index in [1.54, 1.807) is 30.3 Å². The highest BCUT2D eigenvalue weighted by atomic mass is 32.4. The first-order chi connectivity index (χ1) is 8.83. The van der Waals surface area contributed by atoms with Crippen LogP contribution in [0.15, 0.2) is 59.5 Å². The third-order valence-corrected chi connectivity index (χ3v) is 3.50. The number of hydrogen-bond donors (Lipinski definition) is 1. The molecule has 2 aromatic rings. The van der Waals surface area contributed by atoms with E-state index in [0.29, 0.717) is 5.56 Å². The van der Waals surface area contributed by atoms with Gasteiger partial charge in [-0.2, -0.15) is 0 Å². The lowest BCUT2D eigenvalue weighted by Crippen LogP contribution is -1.95. The molecule has 0 radical (unpaired) electrons. The summed E-state index contributed by atoms with van der Waals surface area (Å²) in [4.78, 5) is -1.25. The van der Waals surface area contributed by atoms with Crippen molar-refractivity contribution in [2.75, 3.05) is 0 Å². The van der Waals surface area contributed by atoms with Gasteiger partial charge in [-0.25, -0.2) is 0 Å². The van der Waals surface area contributed by atoms with E-state index in [9.17, 15) is 15.5 Å². The van der Waals surface area contributed by atoms with Gasteiger partial charge in [0.1, 0.15) is 0 Å². The molecule has 0 N–H and O–H groups in total. The number of hydrogen-bond acceptors (Lipinski definition) is 0. The molecule has 0 nitrogen and oxygen atoms in total. The smallest absolute Gasteiger partial charge is 0.123 e. The predicted octanol–water partition coefficient (Wildman–Crippen LogP) is 5.06. The van der Waals surface area contributed by atoms with Gasteiger partial charge in [0.05, 0.1) is 4.90 Å². The van der Waals surface area contributed by atoms with Gasteiger partial charge in [-0.1, -0.05) is 42.2 Å². The van der Waals surface area contributed by atoms with Gasteiger partial charge >= 0.3 is 0 Å². The fraction of sp³-hybridized carbons (Fsp3) is 0. The molecule has 0 fully saturated rings. The topological polar surface area (TPSA) is 0 Å². The van der Waals surface area contributed by atoms with Gasteiger partial charge in [-0.3, -0.25) is 0 Å². The van der Waals surface area contributed by atoms with Gasteiger partial charge < -0.3 is 0 Å². The van der Waals surface area contributed by atoms with E-state index >= 15 is 0 Å². The van der Waals surface area contributed by atoms with Gasteiger partial charge in [0.15, 0.2) is 10.7 Å². The minimum absolute atomic E-state index is 0.334. The highest BCUT2D eigenvalue weighted by Gasteiger charge is 2.41.